The Hall–Kier alpha value is -0.970. The molecule has 0 saturated heterocycles. The van der Waals surface area contributed by atoms with Gasteiger partial charge in [-0.05, 0) is 17.7 Å². The minimum Gasteiger partial charge on any atom is -0.299 e. The standard InChI is InChI=1S/C8H12FN3/c9-8-3-1-2-7(4-8)5-11-6-12-10/h1-4,11-12H,5-6,10H2. The number of hydrogen-bond acceptors (Lipinski definition) is 3. The SMILES string of the molecule is NNCNCc1cccc(F)c1. The van der Waals surface area contributed by atoms with Gasteiger partial charge >= 0.3 is 0 Å². The van der Waals surface area contributed by atoms with Gasteiger partial charge in [0.05, 0.1) is 6.67 Å². The summed E-state index contributed by atoms with van der Waals surface area (Å²) >= 11 is 0. The lowest BCUT2D eigenvalue weighted by atomic mass is 10.2. The van der Waals surface area contributed by atoms with Crippen LogP contribution in [0, 0.1) is 5.82 Å². The molecular formula is C8H12FN3. The number of benzene rings is 1. The summed E-state index contributed by atoms with van der Waals surface area (Å²) in [4.78, 5) is 0. The first-order valence-electron chi connectivity index (χ1n) is 3.71. The summed E-state index contributed by atoms with van der Waals surface area (Å²) in [6, 6.07) is 6.45. The molecule has 0 fully saturated rings. The van der Waals surface area contributed by atoms with Gasteiger partial charge in [-0.25, -0.2) is 9.82 Å². The van der Waals surface area contributed by atoms with Gasteiger partial charge < -0.3 is 0 Å². The maximum Gasteiger partial charge on any atom is 0.123 e. The molecule has 0 spiro atoms. The van der Waals surface area contributed by atoms with Crippen molar-refractivity contribution in [1.29, 1.82) is 0 Å². The molecule has 0 aliphatic carbocycles. The van der Waals surface area contributed by atoms with E-state index >= 15 is 0 Å². The highest BCUT2D eigenvalue weighted by Gasteiger charge is 1.92. The van der Waals surface area contributed by atoms with Crippen LogP contribution in [0.5, 0.6) is 0 Å². The Labute approximate surface area is 70.7 Å². The predicted molar refractivity (Wildman–Crippen MR) is 45.4 cm³/mol. The van der Waals surface area contributed by atoms with Crippen LogP contribution in [-0.4, -0.2) is 6.67 Å². The number of hydrogen-bond donors (Lipinski definition) is 3. The van der Waals surface area contributed by atoms with E-state index in [1.165, 1.54) is 12.1 Å². The van der Waals surface area contributed by atoms with E-state index in [4.69, 9.17) is 5.84 Å². The first kappa shape index (κ1) is 9.12. The molecular weight excluding hydrogens is 157 g/mol. The molecule has 0 unspecified atom stereocenters. The molecule has 0 aliphatic rings. The number of nitrogens with one attached hydrogen (secondary N) is 2. The molecule has 4 N–H and O–H groups in total. The van der Waals surface area contributed by atoms with Crippen LogP contribution in [0.2, 0.25) is 0 Å². The minimum absolute atomic E-state index is 0.213. The van der Waals surface area contributed by atoms with Crippen LogP contribution < -0.4 is 16.6 Å². The van der Waals surface area contributed by atoms with Gasteiger partial charge in [-0.15, -0.1) is 0 Å². The van der Waals surface area contributed by atoms with Crippen LogP contribution in [0.1, 0.15) is 5.56 Å². The molecule has 1 aromatic carbocycles. The van der Waals surface area contributed by atoms with Crippen LogP contribution >= 0.6 is 0 Å². The molecule has 0 heterocycles. The van der Waals surface area contributed by atoms with Crippen molar-refractivity contribution < 1.29 is 4.39 Å². The third-order valence-corrected chi connectivity index (χ3v) is 1.45. The van der Waals surface area contributed by atoms with Gasteiger partial charge in [0.1, 0.15) is 5.82 Å². The van der Waals surface area contributed by atoms with E-state index in [2.05, 4.69) is 10.7 Å². The number of nitrogens with two attached hydrogens (primary N) is 1. The van der Waals surface area contributed by atoms with Crippen molar-refractivity contribution in [3.8, 4) is 0 Å². The normalized spacial score (nSPS) is 10.2. The molecule has 0 bridgehead atoms. The highest BCUT2D eigenvalue weighted by molar-refractivity contribution is 5.15. The summed E-state index contributed by atoms with van der Waals surface area (Å²) < 4.78 is 12.6. The van der Waals surface area contributed by atoms with E-state index in [0.29, 0.717) is 13.2 Å². The molecule has 0 saturated carbocycles. The zero-order valence-corrected chi connectivity index (χ0v) is 6.68. The first-order chi connectivity index (χ1) is 5.83. The lowest BCUT2D eigenvalue weighted by Gasteiger charge is -2.02. The van der Waals surface area contributed by atoms with Gasteiger partial charge in [0, 0.05) is 6.54 Å². The van der Waals surface area contributed by atoms with Crippen molar-refractivity contribution in [2.75, 3.05) is 6.67 Å². The molecule has 66 valence electrons. The Morgan fingerprint density at radius 2 is 2.25 bits per heavy atom. The summed E-state index contributed by atoms with van der Waals surface area (Å²) in [5.41, 5.74) is 3.36. The summed E-state index contributed by atoms with van der Waals surface area (Å²) in [6.07, 6.45) is 0. The summed E-state index contributed by atoms with van der Waals surface area (Å²) in [5, 5.41) is 2.98. The molecule has 0 aromatic heterocycles. The third kappa shape index (κ3) is 2.96. The van der Waals surface area contributed by atoms with Crippen LogP contribution in [0.25, 0.3) is 0 Å². The Kier molecular flexibility index (Phi) is 3.66. The van der Waals surface area contributed by atoms with Gasteiger partial charge in [0.25, 0.3) is 0 Å². The number of halogens is 1. The van der Waals surface area contributed by atoms with Crippen LogP contribution in [0.4, 0.5) is 4.39 Å². The molecule has 0 radical (unpaired) electrons. The molecule has 1 rings (SSSR count). The smallest absolute Gasteiger partial charge is 0.123 e. The Morgan fingerprint density at radius 1 is 1.42 bits per heavy atom. The van der Waals surface area contributed by atoms with E-state index in [1.807, 2.05) is 6.07 Å². The molecule has 1 aromatic rings. The molecule has 4 heteroatoms. The van der Waals surface area contributed by atoms with Crippen molar-refractivity contribution in [1.82, 2.24) is 10.7 Å². The lowest BCUT2D eigenvalue weighted by Crippen LogP contribution is -2.33. The van der Waals surface area contributed by atoms with Crippen molar-refractivity contribution in [2.24, 2.45) is 5.84 Å². The fraction of sp³-hybridized carbons (Fsp3) is 0.250. The molecule has 3 nitrogen and oxygen atoms in total. The molecule has 0 amide bonds. The third-order valence-electron chi connectivity index (χ3n) is 1.45. The van der Waals surface area contributed by atoms with Crippen molar-refractivity contribution >= 4 is 0 Å². The quantitative estimate of drug-likeness (QED) is 0.263. The summed E-state index contributed by atoms with van der Waals surface area (Å²) in [7, 11) is 0. The second-order valence-electron chi connectivity index (χ2n) is 2.44. The molecule has 0 atom stereocenters. The number of hydrazine groups is 1. The predicted octanol–water partition coefficient (Wildman–Crippen LogP) is 0.336. The van der Waals surface area contributed by atoms with Gasteiger partial charge in [0.2, 0.25) is 0 Å². The van der Waals surface area contributed by atoms with Crippen molar-refractivity contribution in [3.05, 3.63) is 35.6 Å². The van der Waals surface area contributed by atoms with Gasteiger partial charge in [-0.1, -0.05) is 12.1 Å². The van der Waals surface area contributed by atoms with Gasteiger partial charge in [0.15, 0.2) is 0 Å². The van der Waals surface area contributed by atoms with Crippen LogP contribution in [0.3, 0.4) is 0 Å². The average molecular weight is 169 g/mol. The first-order valence-corrected chi connectivity index (χ1v) is 3.71. The highest BCUT2D eigenvalue weighted by atomic mass is 19.1. The minimum atomic E-state index is -0.213. The second kappa shape index (κ2) is 4.82. The highest BCUT2D eigenvalue weighted by Crippen LogP contribution is 2.02. The van der Waals surface area contributed by atoms with E-state index in [0.717, 1.165) is 5.56 Å². The van der Waals surface area contributed by atoms with Crippen molar-refractivity contribution in [2.45, 2.75) is 6.54 Å². The van der Waals surface area contributed by atoms with E-state index in [-0.39, 0.29) is 5.82 Å². The van der Waals surface area contributed by atoms with Crippen LogP contribution in [0.15, 0.2) is 24.3 Å². The summed E-state index contributed by atoms with van der Waals surface area (Å²) in [6.45, 7) is 1.12. The Balaban J connectivity index is 2.41. The topological polar surface area (TPSA) is 50.1 Å². The molecule has 0 aliphatic heterocycles. The Morgan fingerprint density at radius 3 is 2.92 bits per heavy atom. The largest absolute Gasteiger partial charge is 0.299 e. The zero-order valence-electron chi connectivity index (χ0n) is 6.68. The van der Waals surface area contributed by atoms with Gasteiger partial charge in [-0.3, -0.25) is 11.2 Å². The summed E-state index contributed by atoms with van der Waals surface area (Å²) in [5.74, 6) is 4.82. The van der Waals surface area contributed by atoms with Gasteiger partial charge in [-0.2, -0.15) is 0 Å². The van der Waals surface area contributed by atoms with E-state index in [1.54, 1.807) is 6.07 Å². The fourth-order valence-corrected chi connectivity index (χ4v) is 0.926. The van der Waals surface area contributed by atoms with Crippen LogP contribution in [-0.2, 0) is 6.54 Å². The Bertz CT molecular complexity index is 239. The second-order valence-corrected chi connectivity index (χ2v) is 2.44. The monoisotopic (exact) mass is 169 g/mol. The van der Waals surface area contributed by atoms with E-state index < -0.39 is 0 Å². The lowest BCUT2D eigenvalue weighted by molar-refractivity contribution is 0.593. The molecule has 12 heavy (non-hydrogen) atoms. The average Bonchev–Trinajstić information content (AvgIpc) is 2.05. The van der Waals surface area contributed by atoms with Crippen molar-refractivity contribution in [3.63, 3.8) is 0 Å². The number of rotatable bonds is 4. The maximum absolute atomic E-state index is 12.6. The van der Waals surface area contributed by atoms with E-state index in [9.17, 15) is 4.39 Å². The maximum atomic E-state index is 12.6. The fourth-order valence-electron chi connectivity index (χ4n) is 0.926. The zero-order chi connectivity index (χ0) is 8.81.